The summed E-state index contributed by atoms with van der Waals surface area (Å²) < 4.78 is 14.6. The number of nitro benzene ring substituents is 1. The Labute approximate surface area is 174 Å². The molecule has 0 amide bonds. The fourth-order valence-corrected chi connectivity index (χ4v) is 3.53. The van der Waals surface area contributed by atoms with Gasteiger partial charge in [-0.25, -0.2) is 9.49 Å². The Morgan fingerprint density at radius 2 is 1.87 bits per heavy atom. The van der Waals surface area contributed by atoms with Gasteiger partial charge in [-0.15, -0.1) is 0 Å². The molecule has 0 aliphatic heterocycles. The molecule has 0 bridgehead atoms. The van der Waals surface area contributed by atoms with Gasteiger partial charge in [0.05, 0.1) is 21.0 Å². The Bertz CT molecular complexity index is 1370. The van der Waals surface area contributed by atoms with Gasteiger partial charge >= 0.3 is 0 Å². The van der Waals surface area contributed by atoms with E-state index in [0.29, 0.717) is 28.5 Å². The number of hydrogen-bond donors (Lipinski definition) is 2. The van der Waals surface area contributed by atoms with E-state index < -0.39 is 16.4 Å². The van der Waals surface area contributed by atoms with Crippen LogP contribution >= 0.6 is 11.6 Å². The van der Waals surface area contributed by atoms with E-state index in [-0.39, 0.29) is 27.4 Å². The van der Waals surface area contributed by atoms with E-state index in [2.05, 4.69) is 10.2 Å². The van der Waals surface area contributed by atoms with Crippen LogP contribution in [-0.2, 0) is 6.42 Å². The van der Waals surface area contributed by atoms with Crippen LogP contribution in [-0.4, -0.2) is 15.1 Å². The fourth-order valence-electron chi connectivity index (χ4n) is 3.31. The molecule has 150 valence electrons. The molecule has 1 heterocycles. The Balaban J connectivity index is 1.80. The van der Waals surface area contributed by atoms with Gasteiger partial charge in [-0.3, -0.25) is 14.9 Å². The van der Waals surface area contributed by atoms with Gasteiger partial charge in [0.15, 0.2) is 0 Å². The van der Waals surface area contributed by atoms with Crippen molar-refractivity contribution < 1.29 is 9.31 Å². The number of benzene rings is 3. The van der Waals surface area contributed by atoms with Gasteiger partial charge in [0.1, 0.15) is 11.5 Å². The Kier molecular flexibility index (Phi) is 4.93. The first-order chi connectivity index (χ1) is 14.3. The van der Waals surface area contributed by atoms with E-state index in [9.17, 15) is 19.3 Å². The number of nitrogens with two attached hydrogens (primary N) is 1. The van der Waals surface area contributed by atoms with Crippen LogP contribution in [0.2, 0.25) is 5.02 Å². The van der Waals surface area contributed by atoms with Gasteiger partial charge in [-0.05, 0) is 35.4 Å². The first-order valence-electron chi connectivity index (χ1n) is 8.83. The topological polar surface area (TPSA) is 115 Å². The highest BCUT2D eigenvalue weighted by Crippen LogP contribution is 2.36. The number of H-pyrrole nitrogens is 1. The zero-order valence-electron chi connectivity index (χ0n) is 15.4. The largest absolute Gasteiger partial charge is 0.392 e. The molecule has 0 spiro atoms. The predicted molar refractivity (Wildman–Crippen MR) is 113 cm³/mol. The van der Waals surface area contributed by atoms with Crippen LogP contribution in [0.4, 0.5) is 15.8 Å². The molecule has 4 rings (SSSR count). The molecular formula is C21H14ClFN4O3. The maximum atomic E-state index is 14.6. The van der Waals surface area contributed by atoms with Crippen LogP contribution in [0.5, 0.6) is 0 Å². The standard InChI is InChI=1S/C21H14ClFN4O3/c22-16-9-12(10-19(20(16)24)27(29)30)15-7-11(5-6-17(15)23)8-18-13-3-1-2-4-14(13)21(28)26-25-18/h1-7,9-10H,8,24H2,(H,26,28). The molecule has 3 N–H and O–H groups in total. The third kappa shape index (κ3) is 3.48. The summed E-state index contributed by atoms with van der Waals surface area (Å²) in [6.07, 6.45) is 0.315. The van der Waals surface area contributed by atoms with E-state index in [0.717, 1.165) is 0 Å². The number of nitrogens with zero attached hydrogens (tertiary/aromatic N) is 2. The summed E-state index contributed by atoms with van der Waals surface area (Å²) in [4.78, 5) is 22.5. The fraction of sp³-hybridized carbons (Fsp3) is 0.0476. The molecule has 7 nitrogen and oxygen atoms in total. The quantitative estimate of drug-likeness (QED) is 0.285. The van der Waals surface area contributed by atoms with E-state index in [4.69, 9.17) is 17.3 Å². The minimum Gasteiger partial charge on any atom is -0.392 e. The zero-order valence-corrected chi connectivity index (χ0v) is 16.1. The molecule has 0 aliphatic rings. The smallest absolute Gasteiger partial charge is 0.294 e. The second-order valence-electron chi connectivity index (χ2n) is 6.68. The van der Waals surface area contributed by atoms with Gasteiger partial charge in [-0.1, -0.05) is 35.9 Å². The summed E-state index contributed by atoms with van der Waals surface area (Å²) in [5.41, 5.74) is 6.50. The lowest BCUT2D eigenvalue weighted by Gasteiger charge is -2.10. The van der Waals surface area contributed by atoms with E-state index >= 15 is 0 Å². The summed E-state index contributed by atoms with van der Waals surface area (Å²) >= 11 is 6.02. The Hall–Kier alpha value is -3.78. The molecule has 0 saturated carbocycles. The monoisotopic (exact) mass is 424 g/mol. The van der Waals surface area contributed by atoms with Crippen molar-refractivity contribution in [3.63, 3.8) is 0 Å². The number of nitrogens with one attached hydrogen (secondary N) is 1. The average molecular weight is 425 g/mol. The number of fused-ring (bicyclic) bond motifs is 1. The van der Waals surface area contributed by atoms with Gasteiger partial charge in [0, 0.05) is 23.4 Å². The lowest BCUT2D eigenvalue weighted by Crippen LogP contribution is -2.11. The van der Waals surface area contributed by atoms with Crippen LogP contribution in [0, 0.1) is 15.9 Å². The molecule has 0 saturated heterocycles. The van der Waals surface area contributed by atoms with Gasteiger partial charge in [0.25, 0.3) is 11.2 Å². The van der Waals surface area contributed by atoms with Crippen molar-refractivity contribution in [3.8, 4) is 11.1 Å². The third-order valence-electron chi connectivity index (χ3n) is 4.79. The molecule has 0 aliphatic carbocycles. The molecule has 0 atom stereocenters. The second kappa shape index (κ2) is 7.57. The molecule has 9 heteroatoms. The number of nitro groups is 1. The number of anilines is 1. The van der Waals surface area contributed by atoms with Crippen LogP contribution in [0.3, 0.4) is 0 Å². The minimum absolute atomic E-state index is 0.0303. The molecule has 0 radical (unpaired) electrons. The van der Waals surface area contributed by atoms with Crippen LogP contribution < -0.4 is 11.3 Å². The number of halogens is 2. The first-order valence-corrected chi connectivity index (χ1v) is 9.21. The van der Waals surface area contributed by atoms with E-state index in [1.165, 1.54) is 18.2 Å². The molecule has 4 aromatic rings. The van der Waals surface area contributed by atoms with Gasteiger partial charge in [0.2, 0.25) is 0 Å². The highest BCUT2D eigenvalue weighted by Gasteiger charge is 2.19. The summed E-state index contributed by atoms with van der Waals surface area (Å²) in [5, 5.41) is 19.0. The third-order valence-corrected chi connectivity index (χ3v) is 5.11. The predicted octanol–water partition coefficient (Wildman–Crippen LogP) is 4.46. The van der Waals surface area contributed by atoms with Crippen molar-refractivity contribution in [2.75, 3.05) is 5.73 Å². The average Bonchev–Trinajstić information content (AvgIpc) is 2.73. The molecule has 30 heavy (non-hydrogen) atoms. The molecule has 0 fully saturated rings. The van der Waals surface area contributed by atoms with Crippen molar-refractivity contribution in [2.24, 2.45) is 0 Å². The Morgan fingerprint density at radius 1 is 1.13 bits per heavy atom. The number of aromatic amines is 1. The minimum atomic E-state index is -0.664. The molecule has 0 unspecified atom stereocenters. The van der Waals surface area contributed by atoms with Crippen LogP contribution in [0.1, 0.15) is 11.3 Å². The van der Waals surface area contributed by atoms with Crippen molar-refractivity contribution in [3.05, 3.63) is 97.2 Å². The Morgan fingerprint density at radius 3 is 2.60 bits per heavy atom. The highest BCUT2D eigenvalue weighted by atomic mass is 35.5. The maximum absolute atomic E-state index is 14.6. The van der Waals surface area contributed by atoms with E-state index in [1.54, 1.807) is 36.4 Å². The second-order valence-corrected chi connectivity index (χ2v) is 7.09. The van der Waals surface area contributed by atoms with Crippen molar-refractivity contribution in [2.45, 2.75) is 6.42 Å². The van der Waals surface area contributed by atoms with Crippen molar-refractivity contribution >= 4 is 33.7 Å². The molecule has 3 aromatic carbocycles. The summed E-state index contributed by atoms with van der Waals surface area (Å²) in [6.45, 7) is 0. The van der Waals surface area contributed by atoms with Crippen molar-refractivity contribution in [1.29, 1.82) is 0 Å². The highest BCUT2D eigenvalue weighted by molar-refractivity contribution is 6.34. The van der Waals surface area contributed by atoms with Crippen LogP contribution in [0.25, 0.3) is 21.9 Å². The zero-order chi connectivity index (χ0) is 21.4. The first kappa shape index (κ1) is 19.5. The van der Waals surface area contributed by atoms with Gasteiger partial charge < -0.3 is 5.73 Å². The van der Waals surface area contributed by atoms with Crippen molar-refractivity contribution in [1.82, 2.24) is 10.2 Å². The number of rotatable bonds is 4. The number of nitrogen functional groups attached to an aromatic ring is 1. The summed E-state index contributed by atoms with van der Waals surface area (Å²) in [5.74, 6) is -0.562. The lowest BCUT2D eigenvalue weighted by molar-refractivity contribution is -0.383. The maximum Gasteiger partial charge on any atom is 0.294 e. The van der Waals surface area contributed by atoms with Crippen LogP contribution in [0.15, 0.2) is 59.4 Å². The lowest BCUT2D eigenvalue weighted by atomic mass is 9.98. The SMILES string of the molecule is Nc1c(Cl)cc(-c2cc(Cc3n[nH]c(=O)c4ccccc34)ccc2F)cc1[N+](=O)[O-]. The summed E-state index contributed by atoms with van der Waals surface area (Å²) in [7, 11) is 0. The van der Waals surface area contributed by atoms with Gasteiger partial charge in [-0.2, -0.15) is 5.10 Å². The normalized spacial score (nSPS) is 11.0. The summed E-state index contributed by atoms with van der Waals surface area (Å²) in [6, 6.07) is 14.1. The van der Waals surface area contributed by atoms with E-state index in [1.807, 2.05) is 0 Å². The number of aromatic nitrogens is 2. The number of hydrogen-bond acceptors (Lipinski definition) is 5. The molecule has 1 aromatic heterocycles. The molecular weight excluding hydrogens is 411 g/mol.